The van der Waals surface area contributed by atoms with E-state index in [9.17, 15) is 10.1 Å². The first kappa shape index (κ1) is 18.4. The number of pyridine rings is 1. The van der Waals surface area contributed by atoms with Crippen molar-refractivity contribution in [2.45, 2.75) is 0 Å². The lowest BCUT2D eigenvalue weighted by Crippen LogP contribution is -2.01. The van der Waals surface area contributed by atoms with Crippen LogP contribution in [-0.2, 0) is 0 Å². The molecule has 0 bridgehead atoms. The molecule has 0 amide bonds. The normalized spacial score (nSPS) is 10.4. The maximum atomic E-state index is 10.9. The third-order valence-electron chi connectivity index (χ3n) is 2.69. The molecule has 1 aromatic carbocycles. The van der Waals surface area contributed by atoms with Gasteiger partial charge in [-0.25, -0.2) is 4.98 Å². The molecule has 1 heterocycles. The van der Waals surface area contributed by atoms with Gasteiger partial charge in [-0.3, -0.25) is 15.5 Å². The van der Waals surface area contributed by atoms with Gasteiger partial charge in [0.25, 0.3) is 0 Å². The molecular formula is C15H10I2N4O3. The Bertz CT molecular complexity index is 811. The number of rotatable bonds is 6. The number of terminal acetylenes is 1. The highest BCUT2D eigenvalue weighted by Crippen LogP contribution is 2.28. The zero-order valence-electron chi connectivity index (χ0n) is 12.1. The number of nitrogens with one attached hydrogen (secondary N) is 1. The Morgan fingerprint density at radius 1 is 1.46 bits per heavy atom. The van der Waals surface area contributed by atoms with E-state index in [2.05, 4.69) is 66.6 Å². The minimum atomic E-state index is -0.520. The molecule has 1 aromatic heterocycles. The van der Waals surface area contributed by atoms with Crippen molar-refractivity contribution < 1.29 is 9.66 Å². The lowest BCUT2D eigenvalue weighted by atomic mass is 10.2. The summed E-state index contributed by atoms with van der Waals surface area (Å²) in [5.74, 6) is 3.23. The van der Waals surface area contributed by atoms with E-state index in [1.807, 2.05) is 12.1 Å². The van der Waals surface area contributed by atoms with Gasteiger partial charge in [0.2, 0.25) is 5.82 Å². The summed E-state index contributed by atoms with van der Waals surface area (Å²) in [6.07, 6.45) is 8.20. The van der Waals surface area contributed by atoms with Gasteiger partial charge in [0.1, 0.15) is 12.4 Å². The number of nitrogens with zero attached hydrogens (tertiary/aromatic N) is 3. The first-order valence-electron chi connectivity index (χ1n) is 6.46. The molecule has 0 unspecified atom stereocenters. The summed E-state index contributed by atoms with van der Waals surface area (Å²) in [5, 5.41) is 14.9. The van der Waals surface area contributed by atoms with Crippen LogP contribution in [0.5, 0.6) is 5.75 Å². The van der Waals surface area contributed by atoms with Gasteiger partial charge >= 0.3 is 5.69 Å². The van der Waals surface area contributed by atoms with E-state index in [0.717, 1.165) is 18.5 Å². The Kier molecular flexibility index (Phi) is 6.73. The number of aromatic nitrogens is 1. The number of nitro groups is 1. The van der Waals surface area contributed by atoms with Gasteiger partial charge in [-0.2, -0.15) is 5.10 Å². The van der Waals surface area contributed by atoms with Gasteiger partial charge in [0.05, 0.1) is 18.3 Å². The molecule has 122 valence electrons. The molecule has 0 spiro atoms. The minimum absolute atomic E-state index is 0.0807. The van der Waals surface area contributed by atoms with Crippen molar-refractivity contribution in [3.63, 3.8) is 0 Å². The van der Waals surface area contributed by atoms with Crippen LogP contribution >= 0.6 is 45.2 Å². The van der Waals surface area contributed by atoms with Crippen LogP contribution in [0.1, 0.15) is 5.56 Å². The largest absolute Gasteiger partial charge is 0.479 e. The van der Waals surface area contributed by atoms with Gasteiger partial charge in [-0.05, 0) is 68.9 Å². The summed E-state index contributed by atoms with van der Waals surface area (Å²) in [5.41, 5.74) is 3.25. The number of hydrogen-bond donors (Lipinski definition) is 1. The average molecular weight is 548 g/mol. The second kappa shape index (κ2) is 8.78. The molecule has 0 saturated carbocycles. The van der Waals surface area contributed by atoms with E-state index < -0.39 is 4.92 Å². The Balaban J connectivity index is 2.16. The van der Waals surface area contributed by atoms with Crippen molar-refractivity contribution in [3.05, 3.63) is 53.3 Å². The molecule has 0 saturated heterocycles. The van der Waals surface area contributed by atoms with Crippen LogP contribution in [-0.4, -0.2) is 22.7 Å². The Morgan fingerprint density at radius 2 is 2.17 bits per heavy atom. The van der Waals surface area contributed by atoms with Crippen molar-refractivity contribution in [2.75, 3.05) is 12.0 Å². The van der Waals surface area contributed by atoms with E-state index >= 15 is 0 Å². The Hall–Kier alpha value is -1.94. The van der Waals surface area contributed by atoms with Crippen LogP contribution in [0.2, 0.25) is 0 Å². The lowest BCUT2D eigenvalue weighted by molar-refractivity contribution is -0.384. The lowest BCUT2D eigenvalue weighted by Gasteiger charge is -2.08. The highest BCUT2D eigenvalue weighted by Gasteiger charge is 2.13. The molecule has 0 radical (unpaired) electrons. The molecule has 0 fully saturated rings. The van der Waals surface area contributed by atoms with E-state index in [0.29, 0.717) is 0 Å². The Morgan fingerprint density at radius 3 is 2.79 bits per heavy atom. The fourth-order valence-electron chi connectivity index (χ4n) is 1.70. The number of hydrogen-bond acceptors (Lipinski definition) is 6. The van der Waals surface area contributed by atoms with Crippen LogP contribution in [0, 0.1) is 29.6 Å². The van der Waals surface area contributed by atoms with Crippen molar-refractivity contribution in [3.8, 4) is 18.1 Å². The molecular weight excluding hydrogens is 538 g/mol. The number of benzene rings is 1. The van der Waals surface area contributed by atoms with Crippen molar-refractivity contribution >= 4 is 62.9 Å². The summed E-state index contributed by atoms with van der Waals surface area (Å²) in [6, 6.07) is 6.58. The highest BCUT2D eigenvalue weighted by molar-refractivity contribution is 14.1. The van der Waals surface area contributed by atoms with E-state index in [1.165, 1.54) is 18.3 Å². The number of halogens is 2. The number of ether oxygens (including phenoxy) is 1. The minimum Gasteiger partial charge on any atom is -0.479 e. The molecule has 2 aromatic rings. The second-order valence-electron chi connectivity index (χ2n) is 4.30. The van der Waals surface area contributed by atoms with E-state index in [1.54, 1.807) is 6.21 Å². The maximum Gasteiger partial charge on any atom is 0.313 e. The summed E-state index contributed by atoms with van der Waals surface area (Å²) in [7, 11) is 0. The molecule has 0 aliphatic carbocycles. The molecule has 0 atom stereocenters. The molecule has 2 rings (SSSR count). The first-order chi connectivity index (χ1) is 11.5. The molecule has 1 N–H and O–H groups in total. The fraction of sp³-hybridized carbons (Fsp3) is 0.0667. The van der Waals surface area contributed by atoms with Crippen LogP contribution in [0.15, 0.2) is 35.6 Å². The van der Waals surface area contributed by atoms with Gasteiger partial charge in [0, 0.05) is 12.3 Å². The highest BCUT2D eigenvalue weighted by atomic mass is 127. The summed E-state index contributed by atoms with van der Waals surface area (Å²) >= 11 is 4.29. The van der Waals surface area contributed by atoms with E-state index in [-0.39, 0.29) is 18.1 Å². The molecule has 0 aliphatic rings. The maximum absolute atomic E-state index is 10.9. The SMILES string of the molecule is C#CCOc1c(I)cc(/C=N\Nc2ncccc2[N+](=O)[O-])cc1I. The standard InChI is InChI=1S/C15H10I2N4O3/c1-2-6-24-14-11(16)7-10(8-12(14)17)9-19-20-15-13(21(22)23)4-3-5-18-15/h1,3-5,7-9H,6H2,(H,18,20)/b19-9-. The zero-order valence-corrected chi connectivity index (χ0v) is 16.4. The molecule has 7 nitrogen and oxygen atoms in total. The topological polar surface area (TPSA) is 89.7 Å². The van der Waals surface area contributed by atoms with Crippen molar-refractivity contribution in [2.24, 2.45) is 5.10 Å². The van der Waals surface area contributed by atoms with Crippen molar-refractivity contribution in [1.82, 2.24) is 4.98 Å². The van der Waals surface area contributed by atoms with Crippen molar-refractivity contribution in [1.29, 1.82) is 0 Å². The van der Waals surface area contributed by atoms with Crippen LogP contribution in [0.3, 0.4) is 0 Å². The van der Waals surface area contributed by atoms with Crippen LogP contribution in [0.25, 0.3) is 0 Å². The Labute approximate surface area is 165 Å². The second-order valence-corrected chi connectivity index (χ2v) is 6.63. The van der Waals surface area contributed by atoms with Gasteiger partial charge in [-0.15, -0.1) is 6.42 Å². The summed E-state index contributed by atoms with van der Waals surface area (Å²) in [4.78, 5) is 14.3. The predicted molar refractivity (Wildman–Crippen MR) is 108 cm³/mol. The number of anilines is 1. The molecule has 0 aliphatic heterocycles. The monoisotopic (exact) mass is 548 g/mol. The molecule has 24 heavy (non-hydrogen) atoms. The third kappa shape index (κ3) is 4.78. The van der Waals surface area contributed by atoms with Gasteiger partial charge in [-0.1, -0.05) is 5.92 Å². The predicted octanol–water partition coefficient (Wildman–Crippen LogP) is 3.66. The smallest absolute Gasteiger partial charge is 0.313 e. The average Bonchev–Trinajstić information content (AvgIpc) is 2.54. The number of hydrazone groups is 1. The van der Waals surface area contributed by atoms with Crippen LogP contribution in [0.4, 0.5) is 11.5 Å². The third-order valence-corrected chi connectivity index (χ3v) is 4.29. The van der Waals surface area contributed by atoms with Crippen LogP contribution < -0.4 is 10.2 Å². The van der Waals surface area contributed by atoms with Gasteiger partial charge < -0.3 is 4.74 Å². The summed E-state index contributed by atoms with van der Waals surface area (Å²) in [6.45, 7) is 0.199. The van der Waals surface area contributed by atoms with Gasteiger partial charge in [0.15, 0.2) is 0 Å². The quantitative estimate of drug-likeness (QED) is 0.196. The van der Waals surface area contributed by atoms with E-state index in [4.69, 9.17) is 11.2 Å². The first-order valence-corrected chi connectivity index (χ1v) is 8.62. The fourth-order valence-corrected chi connectivity index (χ4v) is 3.83. The molecule has 9 heteroatoms. The zero-order chi connectivity index (χ0) is 17.5. The summed E-state index contributed by atoms with van der Waals surface area (Å²) < 4.78 is 7.27.